The van der Waals surface area contributed by atoms with Gasteiger partial charge in [-0.3, -0.25) is 0 Å². The maximum absolute atomic E-state index is 11.0. The van der Waals surface area contributed by atoms with Crippen LogP contribution in [0.4, 0.5) is 0 Å². The highest BCUT2D eigenvalue weighted by atomic mass is 79.9. The SMILES string of the molecule is COC(=O)/C=C(/C)c1ccc(Br)cc1. The number of esters is 1. The lowest BCUT2D eigenvalue weighted by atomic mass is 10.1. The first-order valence-electron chi connectivity index (χ1n) is 4.15. The number of methoxy groups -OCH3 is 1. The zero-order chi connectivity index (χ0) is 10.6. The highest BCUT2D eigenvalue weighted by Crippen LogP contribution is 2.17. The molecule has 0 aliphatic carbocycles. The summed E-state index contributed by atoms with van der Waals surface area (Å²) in [6.45, 7) is 1.88. The third-order valence-corrected chi connectivity index (χ3v) is 2.36. The Bertz CT molecular complexity index is 352. The Morgan fingerprint density at radius 1 is 1.36 bits per heavy atom. The molecule has 14 heavy (non-hydrogen) atoms. The number of benzene rings is 1. The van der Waals surface area contributed by atoms with Gasteiger partial charge in [0.25, 0.3) is 0 Å². The average molecular weight is 255 g/mol. The van der Waals surface area contributed by atoms with Gasteiger partial charge in [-0.25, -0.2) is 4.79 Å². The molecule has 0 saturated heterocycles. The van der Waals surface area contributed by atoms with E-state index in [0.29, 0.717) is 0 Å². The van der Waals surface area contributed by atoms with Crippen LogP contribution in [0, 0.1) is 0 Å². The van der Waals surface area contributed by atoms with Crippen LogP contribution in [0.3, 0.4) is 0 Å². The summed E-state index contributed by atoms with van der Waals surface area (Å²) in [7, 11) is 1.37. The van der Waals surface area contributed by atoms with Gasteiger partial charge in [-0.15, -0.1) is 0 Å². The second-order valence-electron chi connectivity index (χ2n) is 2.86. The van der Waals surface area contributed by atoms with Crippen LogP contribution in [0.15, 0.2) is 34.8 Å². The fraction of sp³-hybridized carbons (Fsp3) is 0.182. The van der Waals surface area contributed by atoms with Crippen molar-refractivity contribution < 1.29 is 9.53 Å². The summed E-state index contributed by atoms with van der Waals surface area (Å²) >= 11 is 3.35. The molecule has 0 amide bonds. The van der Waals surface area contributed by atoms with Gasteiger partial charge in [-0.2, -0.15) is 0 Å². The Morgan fingerprint density at radius 2 is 1.93 bits per heavy atom. The summed E-state index contributed by atoms with van der Waals surface area (Å²) in [5.41, 5.74) is 1.91. The number of hydrogen-bond donors (Lipinski definition) is 0. The smallest absolute Gasteiger partial charge is 0.330 e. The van der Waals surface area contributed by atoms with Gasteiger partial charge >= 0.3 is 5.97 Å². The third kappa shape index (κ3) is 3.00. The van der Waals surface area contributed by atoms with Crippen LogP contribution in [-0.4, -0.2) is 13.1 Å². The highest BCUT2D eigenvalue weighted by Gasteiger charge is 1.99. The standard InChI is InChI=1S/C11H11BrO2/c1-8(7-11(13)14-2)9-3-5-10(12)6-4-9/h3-7H,1-2H3/b8-7-. The first kappa shape index (κ1) is 11.0. The molecular weight excluding hydrogens is 244 g/mol. The number of carbonyl (C=O) groups is 1. The molecule has 0 spiro atoms. The molecule has 1 rings (SSSR count). The maximum Gasteiger partial charge on any atom is 0.330 e. The topological polar surface area (TPSA) is 26.3 Å². The summed E-state index contributed by atoms with van der Waals surface area (Å²) in [6.07, 6.45) is 1.48. The molecule has 2 nitrogen and oxygen atoms in total. The molecule has 0 saturated carbocycles. The van der Waals surface area contributed by atoms with Gasteiger partial charge in [0.2, 0.25) is 0 Å². The predicted octanol–water partition coefficient (Wildman–Crippen LogP) is 3.03. The second kappa shape index (κ2) is 4.96. The minimum atomic E-state index is -0.328. The summed E-state index contributed by atoms with van der Waals surface area (Å²) in [6, 6.07) is 7.76. The minimum absolute atomic E-state index is 0.328. The van der Waals surface area contributed by atoms with E-state index in [1.807, 2.05) is 31.2 Å². The van der Waals surface area contributed by atoms with Crippen molar-refractivity contribution in [3.8, 4) is 0 Å². The van der Waals surface area contributed by atoms with E-state index in [9.17, 15) is 4.79 Å². The molecule has 0 fully saturated rings. The largest absolute Gasteiger partial charge is 0.466 e. The van der Waals surface area contributed by atoms with E-state index in [1.54, 1.807) is 0 Å². The molecule has 1 aromatic rings. The molecule has 0 bridgehead atoms. The zero-order valence-corrected chi connectivity index (χ0v) is 9.67. The van der Waals surface area contributed by atoms with Crippen LogP contribution in [-0.2, 0) is 9.53 Å². The fourth-order valence-electron chi connectivity index (χ4n) is 1.03. The Morgan fingerprint density at radius 3 is 2.43 bits per heavy atom. The molecule has 0 heterocycles. The Balaban J connectivity index is 2.89. The molecule has 0 radical (unpaired) electrons. The van der Waals surface area contributed by atoms with Gasteiger partial charge in [0.15, 0.2) is 0 Å². The molecule has 0 aliphatic rings. The summed E-state index contributed by atoms with van der Waals surface area (Å²) in [5.74, 6) is -0.328. The quantitative estimate of drug-likeness (QED) is 0.599. The molecule has 74 valence electrons. The second-order valence-corrected chi connectivity index (χ2v) is 3.77. The Kier molecular flexibility index (Phi) is 3.89. The van der Waals surface area contributed by atoms with E-state index in [-0.39, 0.29) is 5.97 Å². The van der Waals surface area contributed by atoms with Crippen molar-refractivity contribution in [3.63, 3.8) is 0 Å². The molecule has 0 atom stereocenters. The molecule has 3 heteroatoms. The van der Waals surface area contributed by atoms with Crippen LogP contribution in [0.5, 0.6) is 0 Å². The molecule has 0 N–H and O–H groups in total. The number of hydrogen-bond acceptors (Lipinski definition) is 2. The summed E-state index contributed by atoms with van der Waals surface area (Å²) in [5, 5.41) is 0. The van der Waals surface area contributed by atoms with E-state index in [4.69, 9.17) is 0 Å². The maximum atomic E-state index is 11.0. The van der Waals surface area contributed by atoms with Crippen molar-refractivity contribution in [3.05, 3.63) is 40.4 Å². The van der Waals surface area contributed by atoms with Crippen LogP contribution in [0.2, 0.25) is 0 Å². The highest BCUT2D eigenvalue weighted by molar-refractivity contribution is 9.10. The van der Waals surface area contributed by atoms with Gasteiger partial charge in [0.1, 0.15) is 0 Å². The fourth-order valence-corrected chi connectivity index (χ4v) is 1.30. The third-order valence-electron chi connectivity index (χ3n) is 1.84. The van der Waals surface area contributed by atoms with E-state index in [0.717, 1.165) is 15.6 Å². The van der Waals surface area contributed by atoms with Gasteiger partial charge in [-0.05, 0) is 30.2 Å². The van der Waals surface area contributed by atoms with Gasteiger partial charge in [-0.1, -0.05) is 28.1 Å². The van der Waals surface area contributed by atoms with Crippen LogP contribution in [0.1, 0.15) is 12.5 Å². The normalized spacial score (nSPS) is 11.2. The number of ether oxygens (including phenoxy) is 1. The molecule has 0 aromatic heterocycles. The number of halogens is 1. The van der Waals surface area contributed by atoms with Gasteiger partial charge in [0.05, 0.1) is 7.11 Å². The van der Waals surface area contributed by atoms with E-state index in [2.05, 4.69) is 20.7 Å². The van der Waals surface area contributed by atoms with Crippen molar-refractivity contribution >= 4 is 27.5 Å². The zero-order valence-electron chi connectivity index (χ0n) is 8.08. The first-order valence-corrected chi connectivity index (χ1v) is 4.95. The molecule has 0 aliphatic heterocycles. The minimum Gasteiger partial charge on any atom is -0.466 e. The number of rotatable bonds is 2. The van der Waals surface area contributed by atoms with Gasteiger partial charge < -0.3 is 4.74 Å². The molecular formula is C11H11BrO2. The summed E-state index contributed by atoms with van der Waals surface area (Å²) in [4.78, 5) is 11.0. The van der Waals surface area contributed by atoms with Crippen LogP contribution >= 0.6 is 15.9 Å². The average Bonchev–Trinajstić information content (AvgIpc) is 2.18. The lowest BCUT2D eigenvalue weighted by Gasteiger charge is -2.00. The number of carbonyl (C=O) groups excluding carboxylic acids is 1. The Hall–Kier alpha value is -1.09. The van der Waals surface area contributed by atoms with Crippen LogP contribution in [0.25, 0.3) is 5.57 Å². The first-order chi connectivity index (χ1) is 6.63. The number of allylic oxidation sites excluding steroid dienone is 1. The van der Waals surface area contributed by atoms with E-state index in [1.165, 1.54) is 13.2 Å². The van der Waals surface area contributed by atoms with Crippen molar-refractivity contribution in [1.29, 1.82) is 0 Å². The monoisotopic (exact) mass is 254 g/mol. The van der Waals surface area contributed by atoms with E-state index >= 15 is 0 Å². The molecule has 0 unspecified atom stereocenters. The molecule has 1 aromatic carbocycles. The van der Waals surface area contributed by atoms with Crippen molar-refractivity contribution in [2.45, 2.75) is 6.92 Å². The van der Waals surface area contributed by atoms with Crippen LogP contribution < -0.4 is 0 Å². The lowest BCUT2D eigenvalue weighted by molar-refractivity contribution is -0.134. The van der Waals surface area contributed by atoms with E-state index < -0.39 is 0 Å². The Labute approximate surface area is 91.7 Å². The van der Waals surface area contributed by atoms with Crippen molar-refractivity contribution in [2.24, 2.45) is 0 Å². The van der Waals surface area contributed by atoms with Gasteiger partial charge in [0, 0.05) is 10.5 Å². The van der Waals surface area contributed by atoms with Crippen molar-refractivity contribution in [2.75, 3.05) is 7.11 Å². The predicted molar refractivity (Wildman–Crippen MR) is 59.8 cm³/mol. The lowest BCUT2D eigenvalue weighted by Crippen LogP contribution is -1.95. The summed E-state index contributed by atoms with van der Waals surface area (Å²) < 4.78 is 5.56. The van der Waals surface area contributed by atoms with Crippen molar-refractivity contribution in [1.82, 2.24) is 0 Å².